The van der Waals surface area contributed by atoms with E-state index in [1.54, 1.807) is 18.2 Å². The molecule has 0 aromatic heterocycles. The summed E-state index contributed by atoms with van der Waals surface area (Å²) in [5, 5.41) is 4.42. The molecule has 0 saturated carbocycles. The number of urea groups is 1. The second-order valence-corrected chi connectivity index (χ2v) is 4.85. The third-order valence-electron chi connectivity index (χ3n) is 3.00. The summed E-state index contributed by atoms with van der Waals surface area (Å²) in [6.07, 6.45) is 2.68. The number of fused-ring (bicyclic) bond motifs is 1. The highest BCUT2D eigenvalue weighted by Gasteiger charge is 2.12. The number of esters is 1. The lowest BCUT2D eigenvalue weighted by Gasteiger charge is -2.06. The van der Waals surface area contributed by atoms with Gasteiger partial charge in [0.15, 0.2) is 18.1 Å². The fraction of sp³-hybridized carbons (Fsp3) is 0.312. The van der Waals surface area contributed by atoms with E-state index in [2.05, 4.69) is 5.32 Å². The highest BCUT2D eigenvalue weighted by Crippen LogP contribution is 2.32. The molecule has 0 atom stereocenters. The molecule has 1 aliphatic rings. The molecular formula is C16H18N2O7. The van der Waals surface area contributed by atoms with Gasteiger partial charge in [0, 0.05) is 19.7 Å². The van der Waals surface area contributed by atoms with E-state index in [4.69, 9.17) is 18.9 Å². The van der Waals surface area contributed by atoms with Crippen LogP contribution in [0.5, 0.6) is 11.5 Å². The van der Waals surface area contributed by atoms with Crippen molar-refractivity contribution in [3.8, 4) is 11.5 Å². The number of imide groups is 1. The molecule has 0 saturated heterocycles. The summed E-state index contributed by atoms with van der Waals surface area (Å²) < 4.78 is 19.9. The summed E-state index contributed by atoms with van der Waals surface area (Å²) in [4.78, 5) is 34.3. The molecular weight excluding hydrogens is 332 g/mol. The van der Waals surface area contributed by atoms with Crippen LogP contribution in [0.4, 0.5) is 4.79 Å². The zero-order valence-electron chi connectivity index (χ0n) is 13.6. The van der Waals surface area contributed by atoms with E-state index in [1.165, 1.54) is 19.3 Å². The number of methoxy groups -OCH3 is 1. The lowest BCUT2D eigenvalue weighted by atomic mass is 10.2. The molecule has 2 rings (SSSR count). The molecule has 0 spiro atoms. The number of amides is 3. The highest BCUT2D eigenvalue weighted by atomic mass is 16.7. The smallest absolute Gasteiger partial charge is 0.331 e. The number of rotatable bonds is 7. The summed E-state index contributed by atoms with van der Waals surface area (Å²) in [7, 11) is 1.49. The monoisotopic (exact) mass is 350 g/mol. The van der Waals surface area contributed by atoms with Crippen LogP contribution in [-0.2, 0) is 19.1 Å². The number of carbonyl (C=O) groups excluding carboxylic acids is 3. The topological polar surface area (TPSA) is 112 Å². The summed E-state index contributed by atoms with van der Waals surface area (Å²) in [5.41, 5.74) is 0.711. The quantitative estimate of drug-likeness (QED) is 0.417. The number of ether oxygens (including phenoxy) is 4. The lowest BCUT2D eigenvalue weighted by molar-refractivity contribution is -0.143. The second kappa shape index (κ2) is 9.28. The van der Waals surface area contributed by atoms with Gasteiger partial charge < -0.3 is 24.3 Å². The van der Waals surface area contributed by atoms with Crippen LogP contribution in [-0.4, -0.2) is 51.6 Å². The van der Waals surface area contributed by atoms with Crippen molar-refractivity contribution in [3.05, 3.63) is 29.8 Å². The Morgan fingerprint density at radius 2 is 2.04 bits per heavy atom. The third kappa shape index (κ3) is 6.15. The Balaban J connectivity index is 1.71. The van der Waals surface area contributed by atoms with E-state index in [-0.39, 0.29) is 13.3 Å². The lowest BCUT2D eigenvalue weighted by Crippen LogP contribution is -2.42. The number of nitrogens with one attached hydrogen (secondary N) is 2. The van der Waals surface area contributed by atoms with E-state index in [0.29, 0.717) is 23.7 Å². The maximum Gasteiger partial charge on any atom is 0.331 e. The Morgan fingerprint density at radius 3 is 2.84 bits per heavy atom. The van der Waals surface area contributed by atoms with Crippen LogP contribution in [0.1, 0.15) is 5.56 Å². The molecule has 1 aliphatic heterocycles. The number of hydrogen-bond donors (Lipinski definition) is 2. The molecule has 9 heteroatoms. The maximum atomic E-state index is 11.6. The molecule has 1 aromatic rings. The maximum absolute atomic E-state index is 11.6. The van der Waals surface area contributed by atoms with Gasteiger partial charge >= 0.3 is 12.0 Å². The van der Waals surface area contributed by atoms with Crippen molar-refractivity contribution in [3.63, 3.8) is 0 Å². The Hall–Kier alpha value is -3.07. The van der Waals surface area contributed by atoms with Gasteiger partial charge in [-0.1, -0.05) is 6.07 Å². The zero-order valence-corrected chi connectivity index (χ0v) is 13.6. The largest absolute Gasteiger partial charge is 0.454 e. The zero-order chi connectivity index (χ0) is 18.1. The van der Waals surface area contributed by atoms with Gasteiger partial charge in [-0.05, 0) is 23.8 Å². The predicted octanol–water partition coefficient (Wildman–Crippen LogP) is 0.444. The number of hydrogen-bond acceptors (Lipinski definition) is 7. The predicted molar refractivity (Wildman–Crippen MR) is 86.0 cm³/mol. The van der Waals surface area contributed by atoms with Gasteiger partial charge in [0.1, 0.15) is 0 Å². The summed E-state index contributed by atoms with van der Waals surface area (Å²) >= 11 is 0. The van der Waals surface area contributed by atoms with Crippen LogP contribution in [0.2, 0.25) is 0 Å². The van der Waals surface area contributed by atoms with Gasteiger partial charge in [0.05, 0.1) is 6.61 Å². The van der Waals surface area contributed by atoms with E-state index >= 15 is 0 Å². The molecule has 134 valence electrons. The SMILES string of the molecule is COCCNC(=O)NC(=O)COC(=O)/C=C/c1ccc2c(c1)OCO2. The van der Waals surface area contributed by atoms with Gasteiger partial charge in [0.2, 0.25) is 6.79 Å². The van der Waals surface area contributed by atoms with E-state index in [0.717, 1.165) is 0 Å². The fourth-order valence-corrected chi connectivity index (χ4v) is 1.84. The Labute approximate surface area is 143 Å². The molecule has 9 nitrogen and oxygen atoms in total. The standard InChI is InChI=1S/C16H18N2O7/c1-22-7-6-17-16(21)18-14(19)9-23-15(20)5-3-11-2-4-12-13(8-11)25-10-24-12/h2-5,8H,6-7,9-10H2,1H3,(H2,17,18,19,21)/b5-3+. The average molecular weight is 350 g/mol. The summed E-state index contributed by atoms with van der Waals surface area (Å²) in [6, 6.07) is 4.49. The first-order valence-corrected chi connectivity index (χ1v) is 7.39. The molecule has 1 aromatic carbocycles. The van der Waals surface area contributed by atoms with Crippen molar-refractivity contribution in [1.82, 2.24) is 10.6 Å². The number of benzene rings is 1. The molecule has 3 amide bonds. The van der Waals surface area contributed by atoms with Crippen LogP contribution in [0, 0.1) is 0 Å². The Morgan fingerprint density at radius 1 is 1.24 bits per heavy atom. The van der Waals surface area contributed by atoms with Crippen molar-refractivity contribution in [2.24, 2.45) is 0 Å². The minimum absolute atomic E-state index is 0.165. The Bertz CT molecular complexity index is 672. The molecule has 0 radical (unpaired) electrons. The van der Waals surface area contributed by atoms with Crippen LogP contribution in [0.15, 0.2) is 24.3 Å². The first-order chi connectivity index (χ1) is 12.1. The Kier molecular flexibility index (Phi) is 6.78. The van der Waals surface area contributed by atoms with Gasteiger partial charge in [0.25, 0.3) is 5.91 Å². The average Bonchev–Trinajstić information content (AvgIpc) is 3.06. The van der Waals surface area contributed by atoms with Gasteiger partial charge in [-0.15, -0.1) is 0 Å². The summed E-state index contributed by atoms with van der Waals surface area (Å²) in [6.45, 7) is 0.176. The molecule has 25 heavy (non-hydrogen) atoms. The third-order valence-corrected chi connectivity index (χ3v) is 3.00. The molecule has 0 bridgehead atoms. The molecule has 2 N–H and O–H groups in total. The van der Waals surface area contributed by atoms with Crippen molar-refractivity contribution in [1.29, 1.82) is 0 Å². The van der Waals surface area contributed by atoms with Crippen LogP contribution in [0.25, 0.3) is 6.08 Å². The second-order valence-electron chi connectivity index (χ2n) is 4.85. The van der Waals surface area contributed by atoms with E-state index in [9.17, 15) is 14.4 Å². The van der Waals surface area contributed by atoms with Crippen LogP contribution < -0.4 is 20.1 Å². The van der Waals surface area contributed by atoms with Crippen molar-refractivity contribution in [2.75, 3.05) is 33.7 Å². The first kappa shape index (κ1) is 18.3. The van der Waals surface area contributed by atoms with Gasteiger partial charge in [-0.3, -0.25) is 10.1 Å². The normalized spacial score (nSPS) is 12.0. The van der Waals surface area contributed by atoms with Crippen molar-refractivity contribution in [2.45, 2.75) is 0 Å². The minimum Gasteiger partial charge on any atom is -0.454 e. The number of carbonyl (C=O) groups is 3. The van der Waals surface area contributed by atoms with E-state index < -0.39 is 24.5 Å². The summed E-state index contributed by atoms with van der Waals surface area (Å²) in [5.74, 6) is -0.220. The molecule has 0 aliphatic carbocycles. The molecule has 1 heterocycles. The fourth-order valence-electron chi connectivity index (χ4n) is 1.84. The molecule has 0 fully saturated rings. The van der Waals surface area contributed by atoms with Crippen LogP contribution >= 0.6 is 0 Å². The first-order valence-electron chi connectivity index (χ1n) is 7.39. The van der Waals surface area contributed by atoms with E-state index in [1.807, 2.05) is 5.32 Å². The van der Waals surface area contributed by atoms with Gasteiger partial charge in [-0.2, -0.15) is 0 Å². The highest BCUT2D eigenvalue weighted by molar-refractivity contribution is 5.96. The van der Waals surface area contributed by atoms with Gasteiger partial charge in [-0.25, -0.2) is 9.59 Å². The van der Waals surface area contributed by atoms with Crippen molar-refractivity contribution < 1.29 is 33.3 Å². The van der Waals surface area contributed by atoms with Crippen LogP contribution in [0.3, 0.4) is 0 Å². The molecule has 0 unspecified atom stereocenters. The minimum atomic E-state index is -0.736. The van der Waals surface area contributed by atoms with Crippen molar-refractivity contribution >= 4 is 24.0 Å².